The summed E-state index contributed by atoms with van der Waals surface area (Å²) in [4.78, 5) is 48.4. The number of carbonyl (C=O) groups is 1. The van der Waals surface area contributed by atoms with Crippen LogP contribution >= 0.6 is 23.5 Å². The molecule has 21 heteroatoms. The second-order valence-corrected chi connectivity index (χ2v) is 11.0. The number of nitriles is 1. The largest absolute Gasteiger partial charge is 0.490 e. The number of aliphatic hydroxyl groups is 2. The third-order valence-electron chi connectivity index (χ3n) is 4.20. The van der Waals surface area contributed by atoms with E-state index in [1.807, 2.05) is 0 Å². The molecular formula is C11H19N4O14P3. The molecule has 2 aliphatic rings. The third kappa shape index (κ3) is 5.62. The van der Waals surface area contributed by atoms with Crippen LogP contribution in [0.2, 0.25) is 0 Å². The van der Waals surface area contributed by atoms with Gasteiger partial charge < -0.3 is 45.6 Å². The van der Waals surface area contributed by atoms with Crippen molar-refractivity contribution in [1.29, 1.82) is 5.26 Å². The normalized spacial score (nSPS) is 36.8. The number of urea groups is 1. The maximum absolute atomic E-state index is 12.2. The first-order chi connectivity index (χ1) is 14.4. The molecule has 2 heterocycles. The predicted octanol–water partition coefficient (Wildman–Crippen LogP) is -2.12. The summed E-state index contributed by atoms with van der Waals surface area (Å²) in [5.74, 6) is 0. The second kappa shape index (κ2) is 8.84. The predicted molar refractivity (Wildman–Crippen MR) is 97.2 cm³/mol. The zero-order valence-corrected chi connectivity index (χ0v) is 18.5. The molecule has 2 rings (SSSR count). The topological polar surface area (TPSA) is 292 Å². The van der Waals surface area contributed by atoms with Crippen LogP contribution in [0.3, 0.4) is 0 Å². The first-order valence-corrected chi connectivity index (χ1v) is 12.7. The molecule has 3 unspecified atom stereocenters. The van der Waals surface area contributed by atoms with Gasteiger partial charge >= 0.3 is 29.5 Å². The Kier molecular flexibility index (Phi) is 7.46. The number of hydrogen-bond donors (Lipinski definition) is 8. The number of rotatable bonds is 8. The molecule has 0 radical (unpaired) electrons. The number of hydrogen-bond acceptors (Lipinski definition) is 12. The Labute approximate surface area is 179 Å². The van der Waals surface area contributed by atoms with Gasteiger partial charge in [0, 0.05) is 6.20 Å². The molecule has 0 bridgehead atoms. The van der Waals surface area contributed by atoms with Crippen molar-refractivity contribution in [1.82, 2.24) is 10.2 Å². The minimum atomic E-state index is -5.79. The summed E-state index contributed by atoms with van der Waals surface area (Å²) in [7, 11) is -17.0. The summed E-state index contributed by atoms with van der Waals surface area (Å²) < 4.78 is 50.5. The van der Waals surface area contributed by atoms with Gasteiger partial charge in [-0.05, 0) is 13.0 Å². The number of aliphatic hydroxyl groups excluding tert-OH is 1. The van der Waals surface area contributed by atoms with Crippen LogP contribution in [0.15, 0.2) is 12.3 Å². The second-order valence-electron chi connectivity index (χ2n) is 6.58. The first kappa shape index (κ1) is 27.0. The van der Waals surface area contributed by atoms with E-state index in [0.717, 1.165) is 13.1 Å². The molecule has 0 aromatic rings. The fraction of sp³-hybridized carbons (Fsp3) is 0.636. The van der Waals surface area contributed by atoms with Crippen LogP contribution in [0.25, 0.3) is 0 Å². The number of nitrogens with zero attached hydrogens (tertiary/aromatic N) is 2. The third-order valence-corrected chi connectivity index (χ3v) is 8.00. The molecule has 1 saturated heterocycles. The number of phosphoric ester groups is 1. The van der Waals surface area contributed by atoms with Gasteiger partial charge in [0.05, 0.1) is 12.8 Å². The fourth-order valence-corrected chi connectivity index (χ4v) is 5.84. The highest BCUT2D eigenvalue weighted by Gasteiger charge is 2.67. The summed E-state index contributed by atoms with van der Waals surface area (Å²) >= 11 is 0. The molecule has 2 aliphatic heterocycles. The van der Waals surface area contributed by atoms with Gasteiger partial charge in [0.15, 0.2) is 5.60 Å². The van der Waals surface area contributed by atoms with Gasteiger partial charge in [-0.15, -0.1) is 0 Å². The molecule has 18 nitrogen and oxygen atoms in total. The van der Waals surface area contributed by atoms with Crippen molar-refractivity contribution in [2.45, 2.75) is 36.6 Å². The Hall–Kier alpha value is -1.25. The monoisotopic (exact) mass is 524 g/mol. The molecule has 2 amide bonds. The highest BCUT2D eigenvalue weighted by atomic mass is 31.3. The van der Waals surface area contributed by atoms with E-state index in [4.69, 9.17) is 25.2 Å². The molecule has 7 atom stereocenters. The summed E-state index contributed by atoms with van der Waals surface area (Å²) in [6.07, 6.45) is -2.55. The first-order valence-electron chi connectivity index (χ1n) is 8.17. The van der Waals surface area contributed by atoms with Crippen LogP contribution in [-0.4, -0.2) is 77.0 Å². The lowest BCUT2D eigenvalue weighted by Crippen LogP contribution is -2.66. The highest BCUT2D eigenvalue weighted by molar-refractivity contribution is 7.66. The summed E-state index contributed by atoms with van der Waals surface area (Å²) in [5, 5.41) is 33.0. The molecule has 0 aromatic heterocycles. The van der Waals surface area contributed by atoms with E-state index in [0.29, 0.717) is 4.90 Å². The van der Waals surface area contributed by atoms with Crippen molar-refractivity contribution >= 4 is 29.5 Å². The average Bonchev–Trinajstić information content (AvgIpc) is 2.77. The fourth-order valence-electron chi connectivity index (χ4n) is 2.81. The number of ether oxygens (including phenoxy) is 1. The van der Waals surface area contributed by atoms with Crippen molar-refractivity contribution in [2.24, 2.45) is 5.73 Å². The Morgan fingerprint density at radius 1 is 1.28 bits per heavy atom. The lowest BCUT2D eigenvalue weighted by molar-refractivity contribution is -0.156. The Morgan fingerprint density at radius 2 is 1.88 bits per heavy atom. The molecule has 0 saturated carbocycles. The summed E-state index contributed by atoms with van der Waals surface area (Å²) in [6.45, 7) is -0.259. The van der Waals surface area contributed by atoms with Gasteiger partial charge in [-0.25, -0.2) is 18.5 Å². The molecule has 0 aliphatic carbocycles. The van der Waals surface area contributed by atoms with Crippen LogP contribution in [-0.2, 0) is 31.6 Å². The maximum atomic E-state index is 12.2. The van der Waals surface area contributed by atoms with E-state index in [1.165, 1.54) is 12.1 Å². The van der Waals surface area contributed by atoms with Crippen molar-refractivity contribution in [2.75, 3.05) is 6.61 Å². The molecule has 182 valence electrons. The number of nitrogens with one attached hydrogen (secondary N) is 1. The van der Waals surface area contributed by atoms with E-state index in [9.17, 15) is 38.9 Å². The van der Waals surface area contributed by atoms with Crippen LogP contribution < -0.4 is 11.1 Å². The Balaban J connectivity index is 2.21. The lowest BCUT2D eigenvalue weighted by Gasteiger charge is -2.41. The molecule has 0 spiro atoms. The van der Waals surface area contributed by atoms with E-state index in [-0.39, 0.29) is 0 Å². The summed E-state index contributed by atoms with van der Waals surface area (Å²) in [6, 6.07) is 0.538. The Bertz CT molecular complexity index is 975. The lowest BCUT2D eigenvalue weighted by atomic mass is 9.87. The van der Waals surface area contributed by atoms with Crippen LogP contribution in [0.1, 0.15) is 6.92 Å². The van der Waals surface area contributed by atoms with Crippen molar-refractivity contribution in [3.63, 3.8) is 0 Å². The zero-order valence-electron chi connectivity index (χ0n) is 15.9. The van der Waals surface area contributed by atoms with Gasteiger partial charge in [-0.3, -0.25) is 9.42 Å². The number of nitrogens with two attached hydrogens (primary N) is 1. The standard InChI is InChI=1S/C11H19N4O14P3/c1-10(18)8(16)6(4-26-31(22,23)29-32(24,25)28-30(19,20)21)27-11(10,5-12)15-3-2-7(13)14-9(15)17/h2-3,6-8,16,18H,4,13H2,1H3,(H,14,17)(H,22,23)(H,24,25)(H2,19,20,21)/t6-,7?,8-,10-,11-/m1/s1. The van der Waals surface area contributed by atoms with Crippen molar-refractivity contribution in [3.8, 4) is 6.07 Å². The molecular weight excluding hydrogens is 505 g/mol. The number of phosphoric acid groups is 3. The van der Waals surface area contributed by atoms with Gasteiger partial charge in [-0.1, -0.05) is 0 Å². The van der Waals surface area contributed by atoms with Gasteiger partial charge in [0.2, 0.25) is 0 Å². The molecule has 32 heavy (non-hydrogen) atoms. The highest BCUT2D eigenvalue weighted by Crippen LogP contribution is 2.66. The van der Waals surface area contributed by atoms with Gasteiger partial charge in [0.25, 0.3) is 5.72 Å². The SMILES string of the molecule is C[C@@]1(O)[C@H](O)[C@@H](COP(=O)(O)OP(=O)(O)OP(=O)(O)O)O[C@@]1(C#N)N1C=CC(N)NC1=O. The van der Waals surface area contributed by atoms with Crippen LogP contribution in [0.4, 0.5) is 4.79 Å². The van der Waals surface area contributed by atoms with E-state index < -0.39 is 65.8 Å². The van der Waals surface area contributed by atoms with Gasteiger partial charge in [0.1, 0.15) is 18.3 Å². The minimum absolute atomic E-state index is 0.574. The van der Waals surface area contributed by atoms with Crippen molar-refractivity contribution < 1.29 is 66.2 Å². The average molecular weight is 524 g/mol. The molecule has 0 aromatic carbocycles. The Morgan fingerprint density at radius 3 is 2.38 bits per heavy atom. The van der Waals surface area contributed by atoms with E-state index >= 15 is 0 Å². The number of amides is 2. The summed E-state index contributed by atoms with van der Waals surface area (Å²) in [5.41, 5.74) is 0.396. The van der Waals surface area contributed by atoms with E-state index in [1.54, 1.807) is 0 Å². The molecule has 1 fully saturated rings. The quantitative estimate of drug-likeness (QED) is 0.157. The van der Waals surface area contributed by atoms with Crippen LogP contribution in [0, 0.1) is 11.3 Å². The zero-order chi connectivity index (χ0) is 24.8. The van der Waals surface area contributed by atoms with Crippen molar-refractivity contribution in [3.05, 3.63) is 12.3 Å². The maximum Gasteiger partial charge on any atom is 0.490 e. The van der Waals surface area contributed by atoms with E-state index in [2.05, 4.69) is 18.5 Å². The van der Waals surface area contributed by atoms with Crippen LogP contribution in [0.5, 0.6) is 0 Å². The van der Waals surface area contributed by atoms with Gasteiger partial charge in [-0.2, -0.15) is 13.9 Å². The minimum Gasteiger partial charge on any atom is -0.387 e. The smallest absolute Gasteiger partial charge is 0.387 e. The number of carbonyl (C=O) groups excluding carboxylic acids is 1. The molecule has 9 N–H and O–H groups in total.